The predicted octanol–water partition coefficient (Wildman–Crippen LogP) is 3.05. The SMILES string of the molecule is CCNCC(CC)N1CC=C(C(C)(C)C)CC1. The Morgan fingerprint density at radius 1 is 1.35 bits per heavy atom. The van der Waals surface area contributed by atoms with Crippen LogP contribution in [-0.2, 0) is 0 Å². The molecule has 1 N–H and O–H groups in total. The van der Waals surface area contributed by atoms with Crippen molar-refractivity contribution < 1.29 is 0 Å². The monoisotopic (exact) mass is 238 g/mol. The zero-order valence-corrected chi connectivity index (χ0v) is 12.3. The molecule has 0 amide bonds. The van der Waals surface area contributed by atoms with E-state index in [1.165, 1.54) is 19.4 Å². The summed E-state index contributed by atoms with van der Waals surface area (Å²) < 4.78 is 0. The number of nitrogens with zero attached hydrogens (tertiary/aromatic N) is 1. The molecule has 2 nitrogen and oxygen atoms in total. The number of likely N-dealkylation sites (N-methyl/N-ethyl adjacent to an activating group) is 1. The molecule has 0 spiro atoms. The highest BCUT2D eigenvalue weighted by Crippen LogP contribution is 2.30. The van der Waals surface area contributed by atoms with E-state index in [0.29, 0.717) is 11.5 Å². The molecule has 17 heavy (non-hydrogen) atoms. The summed E-state index contributed by atoms with van der Waals surface area (Å²) in [6.07, 6.45) is 4.94. The largest absolute Gasteiger partial charge is 0.315 e. The van der Waals surface area contributed by atoms with Crippen LogP contribution in [0.4, 0.5) is 0 Å². The van der Waals surface area contributed by atoms with E-state index in [0.717, 1.165) is 19.6 Å². The molecule has 0 radical (unpaired) electrons. The highest BCUT2D eigenvalue weighted by atomic mass is 15.2. The van der Waals surface area contributed by atoms with E-state index in [1.54, 1.807) is 5.57 Å². The van der Waals surface area contributed by atoms with Gasteiger partial charge < -0.3 is 5.32 Å². The number of nitrogens with one attached hydrogen (secondary N) is 1. The van der Waals surface area contributed by atoms with Crippen LogP contribution >= 0.6 is 0 Å². The molecule has 0 aliphatic carbocycles. The van der Waals surface area contributed by atoms with Crippen molar-refractivity contribution in [3.63, 3.8) is 0 Å². The highest BCUT2D eigenvalue weighted by molar-refractivity contribution is 5.14. The summed E-state index contributed by atoms with van der Waals surface area (Å²) in [6.45, 7) is 16.0. The highest BCUT2D eigenvalue weighted by Gasteiger charge is 2.24. The summed E-state index contributed by atoms with van der Waals surface area (Å²) in [5, 5.41) is 3.48. The molecule has 1 aliphatic heterocycles. The third-order valence-electron chi connectivity index (χ3n) is 3.82. The van der Waals surface area contributed by atoms with Gasteiger partial charge in [-0.05, 0) is 24.8 Å². The summed E-state index contributed by atoms with van der Waals surface area (Å²) in [4.78, 5) is 2.62. The van der Waals surface area contributed by atoms with E-state index in [1.807, 2.05) is 0 Å². The van der Waals surface area contributed by atoms with Gasteiger partial charge in [0, 0.05) is 25.7 Å². The zero-order valence-electron chi connectivity index (χ0n) is 12.3. The summed E-state index contributed by atoms with van der Waals surface area (Å²) in [6, 6.07) is 0.702. The average Bonchev–Trinajstić information content (AvgIpc) is 2.29. The molecule has 100 valence electrons. The second kappa shape index (κ2) is 6.55. The molecule has 0 aromatic heterocycles. The van der Waals surface area contributed by atoms with Crippen LogP contribution < -0.4 is 5.32 Å². The van der Waals surface area contributed by atoms with Crippen molar-refractivity contribution in [2.75, 3.05) is 26.2 Å². The molecule has 0 saturated carbocycles. The molecule has 0 saturated heterocycles. The van der Waals surface area contributed by atoms with Crippen molar-refractivity contribution in [1.82, 2.24) is 10.2 Å². The van der Waals surface area contributed by atoms with Gasteiger partial charge >= 0.3 is 0 Å². The topological polar surface area (TPSA) is 15.3 Å². The first-order chi connectivity index (χ1) is 7.99. The van der Waals surface area contributed by atoms with Crippen molar-refractivity contribution >= 4 is 0 Å². The van der Waals surface area contributed by atoms with Gasteiger partial charge in [0.25, 0.3) is 0 Å². The lowest BCUT2D eigenvalue weighted by Gasteiger charge is -2.36. The van der Waals surface area contributed by atoms with Crippen LogP contribution in [0.3, 0.4) is 0 Å². The fourth-order valence-corrected chi connectivity index (χ4v) is 2.54. The smallest absolute Gasteiger partial charge is 0.0221 e. The molecule has 0 bridgehead atoms. The predicted molar refractivity (Wildman–Crippen MR) is 76.4 cm³/mol. The fourth-order valence-electron chi connectivity index (χ4n) is 2.54. The quantitative estimate of drug-likeness (QED) is 0.741. The van der Waals surface area contributed by atoms with E-state index in [4.69, 9.17) is 0 Å². The molecule has 1 rings (SSSR count). The van der Waals surface area contributed by atoms with Crippen molar-refractivity contribution in [1.29, 1.82) is 0 Å². The molecular weight excluding hydrogens is 208 g/mol. The molecule has 1 heterocycles. The van der Waals surface area contributed by atoms with Gasteiger partial charge in [0.1, 0.15) is 0 Å². The summed E-state index contributed by atoms with van der Waals surface area (Å²) in [7, 11) is 0. The molecule has 1 aliphatic rings. The maximum Gasteiger partial charge on any atom is 0.0221 e. The maximum atomic E-state index is 3.48. The van der Waals surface area contributed by atoms with Gasteiger partial charge in [0.05, 0.1) is 0 Å². The van der Waals surface area contributed by atoms with Crippen LogP contribution in [0.25, 0.3) is 0 Å². The standard InChI is InChI=1S/C15H30N2/c1-6-14(12-16-7-2)17-10-8-13(9-11-17)15(3,4)5/h8,14,16H,6-7,9-12H2,1-5H3. The van der Waals surface area contributed by atoms with Crippen molar-refractivity contribution in [3.8, 4) is 0 Å². The third-order valence-corrected chi connectivity index (χ3v) is 3.82. The molecule has 1 atom stereocenters. The molecule has 0 fully saturated rings. The first kappa shape index (κ1) is 14.7. The van der Waals surface area contributed by atoms with Crippen LogP contribution in [0.15, 0.2) is 11.6 Å². The Kier molecular flexibility index (Phi) is 5.68. The van der Waals surface area contributed by atoms with E-state index >= 15 is 0 Å². The van der Waals surface area contributed by atoms with E-state index < -0.39 is 0 Å². The van der Waals surface area contributed by atoms with Gasteiger partial charge in [-0.15, -0.1) is 0 Å². The summed E-state index contributed by atoms with van der Waals surface area (Å²) in [5.41, 5.74) is 1.99. The number of hydrogen-bond acceptors (Lipinski definition) is 2. The minimum Gasteiger partial charge on any atom is -0.315 e. The third kappa shape index (κ3) is 4.44. The van der Waals surface area contributed by atoms with Crippen LogP contribution in [-0.4, -0.2) is 37.1 Å². The minimum absolute atomic E-state index is 0.357. The Morgan fingerprint density at radius 2 is 2.06 bits per heavy atom. The van der Waals surface area contributed by atoms with Crippen molar-refractivity contribution in [2.45, 2.75) is 53.5 Å². The normalized spacial score (nSPS) is 20.2. The van der Waals surface area contributed by atoms with Gasteiger partial charge in [-0.2, -0.15) is 0 Å². The minimum atomic E-state index is 0.357. The van der Waals surface area contributed by atoms with Gasteiger partial charge in [0.2, 0.25) is 0 Å². The van der Waals surface area contributed by atoms with Crippen LogP contribution in [0.5, 0.6) is 0 Å². The van der Waals surface area contributed by atoms with Crippen LogP contribution in [0.2, 0.25) is 0 Å². The second-order valence-corrected chi connectivity index (χ2v) is 6.09. The van der Waals surface area contributed by atoms with Crippen molar-refractivity contribution in [2.24, 2.45) is 5.41 Å². The van der Waals surface area contributed by atoms with Gasteiger partial charge in [0.15, 0.2) is 0 Å². The number of hydrogen-bond donors (Lipinski definition) is 1. The van der Waals surface area contributed by atoms with Gasteiger partial charge in [-0.1, -0.05) is 46.3 Å². The Hall–Kier alpha value is -0.340. The lowest BCUT2D eigenvalue weighted by molar-refractivity contribution is 0.194. The van der Waals surface area contributed by atoms with Gasteiger partial charge in [-0.3, -0.25) is 4.90 Å². The fraction of sp³-hybridized carbons (Fsp3) is 0.867. The molecule has 0 aromatic rings. The van der Waals surface area contributed by atoms with Crippen LogP contribution in [0, 0.1) is 5.41 Å². The molecule has 1 unspecified atom stereocenters. The zero-order chi connectivity index (χ0) is 12.9. The first-order valence-electron chi connectivity index (χ1n) is 7.13. The molecular formula is C15H30N2. The summed E-state index contributed by atoms with van der Waals surface area (Å²) in [5.74, 6) is 0. The maximum absolute atomic E-state index is 3.48. The van der Waals surface area contributed by atoms with Crippen molar-refractivity contribution in [3.05, 3.63) is 11.6 Å². The Balaban J connectivity index is 2.52. The lowest BCUT2D eigenvalue weighted by Crippen LogP contribution is -2.44. The Morgan fingerprint density at radius 3 is 2.47 bits per heavy atom. The molecule has 2 heteroatoms. The lowest BCUT2D eigenvalue weighted by atomic mass is 9.82. The summed E-state index contributed by atoms with van der Waals surface area (Å²) >= 11 is 0. The van der Waals surface area contributed by atoms with E-state index in [9.17, 15) is 0 Å². The van der Waals surface area contributed by atoms with Crippen LogP contribution in [0.1, 0.15) is 47.5 Å². The number of rotatable bonds is 5. The Bertz CT molecular complexity index is 250. The Labute approximate surface area is 107 Å². The van der Waals surface area contributed by atoms with E-state index in [2.05, 4.69) is 50.9 Å². The van der Waals surface area contributed by atoms with E-state index in [-0.39, 0.29) is 0 Å². The first-order valence-corrected chi connectivity index (χ1v) is 7.13. The molecule has 0 aromatic carbocycles. The average molecular weight is 238 g/mol. The van der Waals surface area contributed by atoms with Gasteiger partial charge in [-0.25, -0.2) is 0 Å². The second-order valence-electron chi connectivity index (χ2n) is 6.09.